The first-order chi connectivity index (χ1) is 10.1. The minimum Gasteiger partial charge on any atom is -0.481 e. The minimum absolute atomic E-state index is 0.126. The maximum Gasteiger partial charge on any atom is 0.307 e. The number of carboxylic acid groups (broad SMARTS) is 1. The molecule has 2 aliphatic carbocycles. The molecule has 0 unspecified atom stereocenters. The fourth-order valence-electron chi connectivity index (χ4n) is 4.07. The smallest absolute Gasteiger partial charge is 0.307 e. The summed E-state index contributed by atoms with van der Waals surface area (Å²) in [4.78, 5) is 24.0. The highest BCUT2D eigenvalue weighted by molar-refractivity contribution is 5.96. The molecule has 4 heteroatoms. The lowest BCUT2D eigenvalue weighted by molar-refractivity contribution is -0.148. The fraction of sp³-hybridized carbons (Fsp3) is 0.529. The molecule has 0 radical (unpaired) electrons. The van der Waals surface area contributed by atoms with Gasteiger partial charge in [0.15, 0.2) is 0 Å². The molecule has 2 aliphatic rings. The van der Waals surface area contributed by atoms with Crippen LogP contribution in [0.1, 0.15) is 31.7 Å². The van der Waals surface area contributed by atoms with Crippen molar-refractivity contribution in [2.75, 3.05) is 5.32 Å². The van der Waals surface area contributed by atoms with Crippen LogP contribution in [0, 0.1) is 23.7 Å². The van der Waals surface area contributed by atoms with Gasteiger partial charge in [0.25, 0.3) is 0 Å². The van der Waals surface area contributed by atoms with Gasteiger partial charge in [-0.3, -0.25) is 9.59 Å². The Bertz CT molecular complexity index is 552. The zero-order valence-corrected chi connectivity index (χ0v) is 12.2. The third-order valence-electron chi connectivity index (χ3n) is 5.13. The van der Waals surface area contributed by atoms with Crippen LogP contribution in [0.5, 0.6) is 0 Å². The van der Waals surface area contributed by atoms with Crippen LogP contribution < -0.4 is 5.32 Å². The molecule has 0 heterocycles. The first kappa shape index (κ1) is 14.1. The molecule has 21 heavy (non-hydrogen) atoms. The Hall–Kier alpha value is -1.84. The average Bonchev–Trinajstić information content (AvgIpc) is 3.08. The SMILES string of the molecule is CCc1ccc(NC(=O)[C@@H]2[C@@H]3CC[C@@H](C3)[C@@H]2C(=O)O)cc1. The summed E-state index contributed by atoms with van der Waals surface area (Å²) in [6.45, 7) is 2.08. The number of aryl methyl sites for hydroxylation is 1. The van der Waals surface area contributed by atoms with Gasteiger partial charge in [-0.25, -0.2) is 0 Å². The van der Waals surface area contributed by atoms with Gasteiger partial charge >= 0.3 is 5.97 Å². The van der Waals surface area contributed by atoms with E-state index >= 15 is 0 Å². The maximum absolute atomic E-state index is 12.5. The minimum atomic E-state index is -0.816. The van der Waals surface area contributed by atoms with Crippen LogP contribution in [0.3, 0.4) is 0 Å². The van der Waals surface area contributed by atoms with Crippen molar-refractivity contribution in [3.8, 4) is 0 Å². The van der Waals surface area contributed by atoms with Gasteiger partial charge in [0, 0.05) is 5.69 Å². The number of amides is 1. The van der Waals surface area contributed by atoms with E-state index in [0.717, 1.165) is 31.4 Å². The molecule has 2 fully saturated rings. The number of hydrogen-bond acceptors (Lipinski definition) is 2. The molecule has 2 saturated carbocycles. The first-order valence-corrected chi connectivity index (χ1v) is 7.72. The van der Waals surface area contributed by atoms with E-state index in [1.807, 2.05) is 24.3 Å². The van der Waals surface area contributed by atoms with Crippen molar-refractivity contribution in [3.05, 3.63) is 29.8 Å². The molecule has 2 N–H and O–H groups in total. The number of aliphatic carboxylic acids is 1. The van der Waals surface area contributed by atoms with Crippen LogP contribution in [0.15, 0.2) is 24.3 Å². The van der Waals surface area contributed by atoms with Gasteiger partial charge in [0.1, 0.15) is 0 Å². The quantitative estimate of drug-likeness (QED) is 0.894. The Balaban J connectivity index is 1.73. The normalized spacial score (nSPS) is 30.3. The van der Waals surface area contributed by atoms with Gasteiger partial charge in [0.2, 0.25) is 5.91 Å². The van der Waals surface area contributed by atoms with E-state index in [9.17, 15) is 14.7 Å². The first-order valence-electron chi connectivity index (χ1n) is 7.72. The average molecular weight is 287 g/mol. The summed E-state index contributed by atoms with van der Waals surface area (Å²) in [5, 5.41) is 12.3. The molecular weight excluding hydrogens is 266 g/mol. The molecule has 0 aliphatic heterocycles. The molecule has 4 nitrogen and oxygen atoms in total. The van der Waals surface area contributed by atoms with Gasteiger partial charge in [-0.2, -0.15) is 0 Å². The van der Waals surface area contributed by atoms with E-state index in [-0.39, 0.29) is 23.7 Å². The molecule has 2 bridgehead atoms. The molecule has 1 aromatic rings. The number of nitrogens with one attached hydrogen (secondary N) is 1. The number of hydrogen-bond donors (Lipinski definition) is 2. The molecule has 0 spiro atoms. The van der Waals surface area contributed by atoms with Crippen molar-refractivity contribution in [1.82, 2.24) is 0 Å². The van der Waals surface area contributed by atoms with Crippen molar-refractivity contribution in [2.45, 2.75) is 32.6 Å². The Kier molecular flexibility index (Phi) is 3.70. The lowest BCUT2D eigenvalue weighted by Gasteiger charge is -2.27. The van der Waals surface area contributed by atoms with Gasteiger partial charge in [-0.15, -0.1) is 0 Å². The highest BCUT2D eigenvalue weighted by atomic mass is 16.4. The van der Waals surface area contributed by atoms with E-state index < -0.39 is 11.9 Å². The van der Waals surface area contributed by atoms with Crippen LogP contribution >= 0.6 is 0 Å². The van der Waals surface area contributed by atoms with E-state index in [4.69, 9.17) is 0 Å². The molecule has 1 amide bonds. The summed E-state index contributed by atoms with van der Waals surface area (Å²) in [7, 11) is 0. The predicted octanol–water partition coefficient (Wildman–Crippen LogP) is 2.93. The van der Waals surface area contributed by atoms with Crippen LogP contribution in [-0.4, -0.2) is 17.0 Å². The number of carbonyl (C=O) groups is 2. The van der Waals surface area contributed by atoms with Gasteiger partial charge < -0.3 is 10.4 Å². The number of rotatable bonds is 4. The Morgan fingerprint density at radius 1 is 1.14 bits per heavy atom. The summed E-state index contributed by atoms with van der Waals surface area (Å²) >= 11 is 0. The number of fused-ring (bicyclic) bond motifs is 2. The highest BCUT2D eigenvalue weighted by Gasteiger charge is 2.53. The van der Waals surface area contributed by atoms with E-state index in [1.54, 1.807) is 0 Å². The molecule has 0 aromatic heterocycles. The van der Waals surface area contributed by atoms with Crippen molar-refractivity contribution >= 4 is 17.6 Å². The topological polar surface area (TPSA) is 66.4 Å². The second kappa shape index (κ2) is 5.51. The molecule has 112 valence electrons. The standard InChI is InChI=1S/C17H21NO3/c1-2-10-3-7-13(8-4-10)18-16(19)14-11-5-6-12(9-11)15(14)17(20)21/h3-4,7-8,11-12,14-15H,2,5-6,9H2,1H3,(H,18,19)(H,20,21)/t11-,12+,14-,15+/m1/s1. The summed E-state index contributed by atoms with van der Waals surface area (Å²) in [6.07, 6.45) is 3.80. The third kappa shape index (κ3) is 2.55. The van der Waals surface area contributed by atoms with Crippen LogP contribution in [-0.2, 0) is 16.0 Å². The Morgan fingerprint density at radius 3 is 2.33 bits per heavy atom. The van der Waals surface area contributed by atoms with E-state index in [1.165, 1.54) is 5.56 Å². The molecule has 1 aromatic carbocycles. The number of benzene rings is 1. The van der Waals surface area contributed by atoms with Gasteiger partial charge in [-0.05, 0) is 55.2 Å². The zero-order chi connectivity index (χ0) is 15.0. The number of carbonyl (C=O) groups excluding carboxylic acids is 1. The molecule has 3 rings (SSSR count). The van der Waals surface area contributed by atoms with Gasteiger partial charge in [-0.1, -0.05) is 19.1 Å². The fourth-order valence-corrected chi connectivity index (χ4v) is 4.07. The van der Waals surface area contributed by atoms with E-state index in [2.05, 4.69) is 12.2 Å². The summed E-state index contributed by atoms with van der Waals surface area (Å²) in [6, 6.07) is 7.76. The molecule has 4 atom stereocenters. The Morgan fingerprint density at radius 2 is 1.76 bits per heavy atom. The second-order valence-corrected chi connectivity index (χ2v) is 6.26. The van der Waals surface area contributed by atoms with Crippen molar-refractivity contribution in [3.63, 3.8) is 0 Å². The molecule has 0 saturated heterocycles. The summed E-state index contributed by atoms with van der Waals surface area (Å²) < 4.78 is 0. The van der Waals surface area contributed by atoms with Crippen molar-refractivity contribution in [1.29, 1.82) is 0 Å². The van der Waals surface area contributed by atoms with Gasteiger partial charge in [0.05, 0.1) is 11.8 Å². The van der Waals surface area contributed by atoms with Crippen molar-refractivity contribution in [2.24, 2.45) is 23.7 Å². The second-order valence-electron chi connectivity index (χ2n) is 6.26. The monoisotopic (exact) mass is 287 g/mol. The van der Waals surface area contributed by atoms with Crippen LogP contribution in [0.4, 0.5) is 5.69 Å². The van der Waals surface area contributed by atoms with Crippen molar-refractivity contribution < 1.29 is 14.7 Å². The number of carboxylic acids is 1. The largest absolute Gasteiger partial charge is 0.481 e. The molecular formula is C17H21NO3. The lowest BCUT2D eigenvalue weighted by atomic mass is 9.78. The van der Waals surface area contributed by atoms with Crippen LogP contribution in [0.25, 0.3) is 0 Å². The lowest BCUT2D eigenvalue weighted by Crippen LogP contribution is -2.37. The summed E-state index contributed by atoms with van der Waals surface area (Å²) in [5.74, 6) is -1.38. The predicted molar refractivity (Wildman–Crippen MR) is 79.9 cm³/mol. The summed E-state index contributed by atoms with van der Waals surface area (Å²) in [5.41, 5.74) is 1.97. The third-order valence-corrected chi connectivity index (χ3v) is 5.13. The Labute approximate surface area is 124 Å². The van der Waals surface area contributed by atoms with Crippen LogP contribution in [0.2, 0.25) is 0 Å². The highest BCUT2D eigenvalue weighted by Crippen LogP contribution is 2.52. The maximum atomic E-state index is 12.5. The zero-order valence-electron chi connectivity index (χ0n) is 12.2. The number of anilines is 1. The van der Waals surface area contributed by atoms with E-state index in [0.29, 0.717) is 0 Å².